The van der Waals surface area contributed by atoms with Gasteiger partial charge in [0.25, 0.3) is 0 Å². The number of nitrogens with zero attached hydrogens (tertiary/aromatic N) is 4. The van der Waals surface area contributed by atoms with Gasteiger partial charge in [0.2, 0.25) is 5.28 Å². The first kappa shape index (κ1) is 24.3. The van der Waals surface area contributed by atoms with E-state index in [-0.39, 0.29) is 11.9 Å². The molecule has 0 amide bonds. The molecule has 2 saturated heterocycles. The van der Waals surface area contributed by atoms with Crippen LogP contribution in [0.2, 0.25) is 5.28 Å². The third-order valence-electron chi connectivity index (χ3n) is 6.31. The van der Waals surface area contributed by atoms with Crippen molar-refractivity contribution < 1.29 is 33.3 Å². The number of aromatic nitrogens is 4. The van der Waals surface area contributed by atoms with Crippen LogP contribution in [0.25, 0.3) is 11.0 Å². The Balaban J connectivity index is 1.35. The molecule has 0 unspecified atom stereocenters. The Morgan fingerprint density at radius 1 is 1.24 bits per heavy atom. The molecule has 3 aliphatic rings. The first-order chi connectivity index (χ1) is 16.1. The normalized spacial score (nSPS) is 29.2. The molecule has 3 fully saturated rings. The Hall–Kier alpha value is -1.37. The smallest absolute Gasteiger partial charge is 0.350 e. The highest BCUT2D eigenvalue weighted by Gasteiger charge is 2.55. The second kappa shape index (κ2) is 9.25. The molecule has 0 bridgehead atoms. The molecule has 0 radical (unpaired) electrons. The van der Waals surface area contributed by atoms with Gasteiger partial charge >= 0.3 is 7.60 Å². The van der Waals surface area contributed by atoms with Crippen molar-refractivity contribution in [3.63, 3.8) is 0 Å². The molecule has 12 nitrogen and oxygen atoms in total. The molecular formula is C20H29ClN5O7P. The molecule has 1 aliphatic carbocycles. The molecule has 5 rings (SSSR count). The zero-order valence-corrected chi connectivity index (χ0v) is 20.6. The average molecular weight is 518 g/mol. The lowest BCUT2D eigenvalue weighted by atomic mass is 10.1. The van der Waals surface area contributed by atoms with Crippen molar-refractivity contribution in [2.24, 2.45) is 0 Å². The van der Waals surface area contributed by atoms with Crippen molar-refractivity contribution in [1.29, 1.82) is 0 Å². The third kappa shape index (κ3) is 5.24. The van der Waals surface area contributed by atoms with Crippen molar-refractivity contribution in [1.82, 2.24) is 19.7 Å². The molecule has 0 aromatic carbocycles. The summed E-state index contributed by atoms with van der Waals surface area (Å²) in [5.74, 6) is -0.154. The molecule has 0 spiro atoms. The van der Waals surface area contributed by atoms with E-state index in [4.69, 9.17) is 40.3 Å². The Labute approximate surface area is 201 Å². The van der Waals surface area contributed by atoms with Crippen molar-refractivity contribution in [2.45, 2.75) is 82.3 Å². The van der Waals surface area contributed by atoms with Crippen LogP contribution >= 0.6 is 19.2 Å². The molecule has 14 heteroatoms. The molecule has 4 atom stereocenters. The fraction of sp³-hybridized carbons (Fsp3) is 0.750. The van der Waals surface area contributed by atoms with Crippen LogP contribution in [-0.4, -0.2) is 78.7 Å². The zero-order valence-electron chi connectivity index (χ0n) is 19.0. The second-order valence-corrected chi connectivity index (χ2v) is 11.4. The van der Waals surface area contributed by atoms with E-state index in [0.29, 0.717) is 24.1 Å². The minimum atomic E-state index is -4.28. The summed E-state index contributed by atoms with van der Waals surface area (Å²) in [5.41, 5.74) is 0.583. The molecule has 2 aromatic rings. The number of nitrogens with one attached hydrogen (secondary N) is 1. The monoisotopic (exact) mass is 517 g/mol. The van der Waals surface area contributed by atoms with E-state index in [1.807, 2.05) is 13.8 Å². The van der Waals surface area contributed by atoms with Crippen molar-refractivity contribution in [3.05, 3.63) is 11.5 Å². The maximum Gasteiger partial charge on any atom is 0.350 e. The van der Waals surface area contributed by atoms with Crippen molar-refractivity contribution >= 4 is 36.0 Å². The van der Waals surface area contributed by atoms with Crippen molar-refractivity contribution in [2.75, 3.05) is 18.3 Å². The van der Waals surface area contributed by atoms with Crippen LogP contribution in [-0.2, 0) is 30.1 Å². The highest BCUT2D eigenvalue weighted by atomic mass is 35.5. The summed E-state index contributed by atoms with van der Waals surface area (Å²) in [4.78, 5) is 26.9. The number of fused-ring (bicyclic) bond motifs is 2. The maximum absolute atomic E-state index is 11.1. The number of hydrogen-bond acceptors (Lipinski definition) is 9. The molecule has 34 heavy (non-hydrogen) atoms. The lowest BCUT2D eigenvalue weighted by Crippen LogP contribution is -2.33. The lowest BCUT2D eigenvalue weighted by Gasteiger charge is -2.24. The minimum Gasteiger partial charge on any atom is -0.367 e. The Bertz CT molecular complexity index is 1090. The largest absolute Gasteiger partial charge is 0.367 e. The van der Waals surface area contributed by atoms with Gasteiger partial charge in [0, 0.05) is 6.04 Å². The standard InChI is InChI=1S/C20H29ClN5O7P/c1-20(2)32-15-13(31-14(16(15)33-20)9-30-10-34(27,28)29)8-26-18-12(7-22-26)17(24-19(21)25-18)23-11-5-3-4-6-11/h7,11,13-16H,3-6,8-10H2,1-2H3,(H,23,24,25)(H2,27,28,29)/t13-,14-,15+,16-/m1/s1. The van der Waals surface area contributed by atoms with Gasteiger partial charge in [-0.2, -0.15) is 15.1 Å². The van der Waals surface area contributed by atoms with E-state index in [1.54, 1.807) is 10.9 Å². The molecule has 1 saturated carbocycles. The van der Waals surface area contributed by atoms with Crippen LogP contribution in [0.1, 0.15) is 39.5 Å². The molecule has 2 aliphatic heterocycles. The van der Waals surface area contributed by atoms with Gasteiger partial charge in [-0.05, 0) is 38.3 Å². The quantitative estimate of drug-likeness (QED) is 0.349. The molecular weight excluding hydrogens is 489 g/mol. The van der Waals surface area contributed by atoms with E-state index < -0.39 is 44.1 Å². The Kier molecular flexibility index (Phi) is 6.62. The fourth-order valence-electron chi connectivity index (χ4n) is 4.95. The van der Waals surface area contributed by atoms with Crippen LogP contribution in [0, 0.1) is 0 Å². The van der Waals surface area contributed by atoms with E-state index in [1.165, 1.54) is 12.8 Å². The van der Waals surface area contributed by atoms with Crippen molar-refractivity contribution in [3.8, 4) is 0 Å². The Morgan fingerprint density at radius 3 is 2.65 bits per heavy atom. The first-order valence-electron chi connectivity index (χ1n) is 11.4. The van der Waals surface area contributed by atoms with Gasteiger partial charge in [-0.1, -0.05) is 12.8 Å². The number of hydrogen-bond donors (Lipinski definition) is 3. The van der Waals surface area contributed by atoms with Gasteiger partial charge in [-0.25, -0.2) is 4.68 Å². The number of rotatable bonds is 8. The van der Waals surface area contributed by atoms with E-state index in [9.17, 15) is 4.57 Å². The lowest BCUT2D eigenvalue weighted by molar-refractivity contribution is -0.192. The Morgan fingerprint density at radius 2 is 1.94 bits per heavy atom. The summed E-state index contributed by atoms with van der Waals surface area (Å²) in [7, 11) is -4.28. The molecule has 188 valence electrons. The maximum atomic E-state index is 11.1. The molecule has 4 heterocycles. The van der Waals surface area contributed by atoms with Crippen LogP contribution in [0.3, 0.4) is 0 Å². The van der Waals surface area contributed by atoms with Gasteiger partial charge < -0.3 is 34.1 Å². The van der Waals surface area contributed by atoms with Gasteiger partial charge in [0.05, 0.1) is 24.7 Å². The van der Waals surface area contributed by atoms with Crippen LogP contribution in [0.5, 0.6) is 0 Å². The fourth-order valence-corrected chi connectivity index (χ4v) is 5.45. The van der Waals surface area contributed by atoms with E-state index in [2.05, 4.69) is 20.4 Å². The van der Waals surface area contributed by atoms with E-state index >= 15 is 0 Å². The molecule has 2 aromatic heterocycles. The SMILES string of the molecule is CC1(C)O[C@@H]2[C@H](O1)[C@@H](COCP(=O)(O)O)O[C@@H]2Cn1ncc2c(NC3CCCC3)nc(Cl)nc21. The summed E-state index contributed by atoms with van der Waals surface area (Å²) >= 11 is 6.24. The van der Waals surface area contributed by atoms with Gasteiger partial charge in [0.15, 0.2) is 11.4 Å². The predicted octanol–water partition coefficient (Wildman–Crippen LogP) is 2.27. The van der Waals surface area contributed by atoms with Gasteiger partial charge in [-0.3, -0.25) is 4.57 Å². The average Bonchev–Trinajstić information content (AvgIpc) is 3.49. The van der Waals surface area contributed by atoms with Gasteiger partial charge in [0.1, 0.15) is 36.6 Å². The predicted molar refractivity (Wildman–Crippen MR) is 122 cm³/mol. The zero-order chi connectivity index (χ0) is 24.1. The topological polar surface area (TPSA) is 150 Å². The number of anilines is 1. The van der Waals surface area contributed by atoms with Crippen LogP contribution in [0.15, 0.2) is 6.20 Å². The summed E-state index contributed by atoms with van der Waals surface area (Å²) in [6.07, 6.45) is 3.74. The summed E-state index contributed by atoms with van der Waals surface area (Å²) in [6.45, 7) is 3.90. The first-order valence-corrected chi connectivity index (χ1v) is 13.5. The summed E-state index contributed by atoms with van der Waals surface area (Å²) in [6, 6.07) is 0.358. The van der Waals surface area contributed by atoms with Crippen LogP contribution in [0.4, 0.5) is 5.82 Å². The highest BCUT2D eigenvalue weighted by Crippen LogP contribution is 2.40. The second-order valence-electron chi connectivity index (χ2n) is 9.47. The summed E-state index contributed by atoms with van der Waals surface area (Å²) < 4.78 is 36.3. The minimum absolute atomic E-state index is 0.0362. The number of halogens is 1. The highest BCUT2D eigenvalue weighted by molar-refractivity contribution is 7.51. The molecule has 3 N–H and O–H groups in total. The number of ether oxygens (including phenoxy) is 4. The van der Waals surface area contributed by atoms with E-state index in [0.717, 1.165) is 18.2 Å². The third-order valence-corrected chi connectivity index (χ3v) is 6.99. The summed E-state index contributed by atoms with van der Waals surface area (Å²) in [5, 5.41) is 8.89. The van der Waals surface area contributed by atoms with Crippen LogP contribution < -0.4 is 5.32 Å². The van der Waals surface area contributed by atoms with Gasteiger partial charge in [-0.15, -0.1) is 0 Å².